The lowest BCUT2D eigenvalue weighted by Gasteiger charge is -2.13. The second-order valence-electron chi connectivity index (χ2n) is 6.36. The number of anilines is 1. The van der Waals surface area contributed by atoms with E-state index in [2.05, 4.69) is 20.3 Å². The highest BCUT2D eigenvalue weighted by molar-refractivity contribution is 6.05. The lowest BCUT2D eigenvalue weighted by atomic mass is 10.1. The van der Waals surface area contributed by atoms with Crippen LogP contribution in [0.25, 0.3) is 17.2 Å². The van der Waals surface area contributed by atoms with Crippen LogP contribution < -0.4 is 5.32 Å². The molecular weight excluding hydrogens is 338 g/mol. The van der Waals surface area contributed by atoms with E-state index in [4.69, 9.17) is 0 Å². The smallest absolute Gasteiger partial charge is 0.255 e. The van der Waals surface area contributed by atoms with Gasteiger partial charge in [0.05, 0.1) is 12.5 Å². The number of imidazole rings is 2. The summed E-state index contributed by atoms with van der Waals surface area (Å²) in [6.45, 7) is 3.97. The molecule has 0 fully saturated rings. The van der Waals surface area contributed by atoms with E-state index in [0.717, 1.165) is 34.0 Å². The van der Waals surface area contributed by atoms with Crippen LogP contribution in [0, 0.1) is 13.8 Å². The first-order chi connectivity index (χ1) is 13.1. The fourth-order valence-electron chi connectivity index (χ4n) is 3.08. The summed E-state index contributed by atoms with van der Waals surface area (Å²) in [6.07, 6.45) is 6.91. The van der Waals surface area contributed by atoms with Crippen LogP contribution >= 0.6 is 0 Å². The third-order valence-corrected chi connectivity index (χ3v) is 4.49. The Kier molecular flexibility index (Phi) is 4.30. The first kappa shape index (κ1) is 16.8. The molecule has 4 aromatic rings. The van der Waals surface area contributed by atoms with Gasteiger partial charge in [0.2, 0.25) is 0 Å². The highest BCUT2D eigenvalue weighted by atomic mass is 16.1. The predicted octanol–water partition coefficient (Wildman–Crippen LogP) is 4.13. The van der Waals surface area contributed by atoms with E-state index in [1.54, 1.807) is 24.8 Å². The molecule has 0 spiro atoms. The van der Waals surface area contributed by atoms with E-state index >= 15 is 0 Å². The number of nitrogens with zero attached hydrogens (tertiary/aromatic N) is 3. The van der Waals surface area contributed by atoms with Gasteiger partial charge in [-0.25, -0.2) is 9.97 Å². The van der Waals surface area contributed by atoms with Gasteiger partial charge in [-0.15, -0.1) is 0 Å². The van der Waals surface area contributed by atoms with Gasteiger partial charge < -0.3 is 10.3 Å². The molecule has 0 aliphatic rings. The molecule has 6 nitrogen and oxygen atoms in total. The van der Waals surface area contributed by atoms with Crippen LogP contribution in [-0.2, 0) is 0 Å². The Bertz CT molecular complexity index is 1080. The molecule has 1 amide bonds. The number of rotatable bonds is 4. The van der Waals surface area contributed by atoms with Gasteiger partial charge >= 0.3 is 0 Å². The van der Waals surface area contributed by atoms with Crippen molar-refractivity contribution in [1.29, 1.82) is 0 Å². The van der Waals surface area contributed by atoms with Gasteiger partial charge in [-0.1, -0.05) is 24.3 Å². The van der Waals surface area contributed by atoms with Crippen LogP contribution in [0.15, 0.2) is 67.4 Å². The molecule has 2 aromatic heterocycles. The largest absolute Gasteiger partial charge is 0.342 e. The summed E-state index contributed by atoms with van der Waals surface area (Å²) in [5.74, 6) is 0.595. The molecule has 2 N–H and O–H groups in total. The minimum atomic E-state index is -0.141. The Hall–Kier alpha value is -3.67. The standard InChI is InChI=1S/C21H19N5O/c1-14-5-3-6-15(2)19(14)25-21(27)16-7-4-8-17(11-16)26-10-9-23-20(26)18-12-22-13-24-18/h3-13H,1-2H3,(H,22,24)(H,25,27). The van der Waals surface area contributed by atoms with Gasteiger partial charge in [0.25, 0.3) is 5.91 Å². The van der Waals surface area contributed by atoms with Crippen molar-refractivity contribution < 1.29 is 4.79 Å². The van der Waals surface area contributed by atoms with E-state index in [1.807, 2.05) is 61.0 Å². The number of nitrogens with one attached hydrogen (secondary N) is 2. The number of para-hydroxylation sites is 1. The molecule has 4 rings (SSSR count). The number of aryl methyl sites for hydroxylation is 2. The Morgan fingerprint density at radius 2 is 1.89 bits per heavy atom. The Labute approximate surface area is 156 Å². The SMILES string of the molecule is Cc1cccc(C)c1NC(=O)c1cccc(-n2ccnc2-c2cnc[nH]2)c1. The molecule has 27 heavy (non-hydrogen) atoms. The molecule has 0 unspecified atom stereocenters. The molecule has 134 valence electrons. The van der Waals surface area contributed by atoms with Crippen molar-refractivity contribution in [2.24, 2.45) is 0 Å². The Balaban J connectivity index is 1.66. The number of benzene rings is 2. The molecule has 0 bridgehead atoms. The van der Waals surface area contributed by atoms with Crippen LogP contribution in [0.2, 0.25) is 0 Å². The quantitative estimate of drug-likeness (QED) is 0.576. The summed E-state index contributed by atoms with van der Waals surface area (Å²) < 4.78 is 1.92. The maximum atomic E-state index is 12.8. The number of aromatic nitrogens is 4. The zero-order valence-corrected chi connectivity index (χ0v) is 15.1. The first-order valence-corrected chi connectivity index (χ1v) is 8.63. The highest BCUT2D eigenvalue weighted by Gasteiger charge is 2.13. The maximum absolute atomic E-state index is 12.8. The molecule has 0 saturated heterocycles. The van der Waals surface area contributed by atoms with Gasteiger partial charge in [0.15, 0.2) is 5.82 Å². The number of hydrogen-bond donors (Lipinski definition) is 2. The zero-order valence-electron chi connectivity index (χ0n) is 15.1. The first-order valence-electron chi connectivity index (χ1n) is 8.63. The summed E-state index contributed by atoms with van der Waals surface area (Å²) in [5, 5.41) is 3.03. The van der Waals surface area contributed by atoms with Gasteiger partial charge in [-0.3, -0.25) is 9.36 Å². The van der Waals surface area contributed by atoms with E-state index < -0.39 is 0 Å². The van der Waals surface area contributed by atoms with E-state index in [9.17, 15) is 4.79 Å². The molecule has 0 radical (unpaired) electrons. The molecule has 0 aliphatic carbocycles. The Morgan fingerprint density at radius 1 is 1.11 bits per heavy atom. The van der Waals surface area contributed by atoms with Gasteiger partial charge in [0, 0.05) is 29.3 Å². The minimum Gasteiger partial charge on any atom is -0.342 e. The molecule has 2 aromatic carbocycles. The number of carbonyl (C=O) groups excluding carboxylic acids is 1. The van der Waals surface area contributed by atoms with Crippen molar-refractivity contribution in [3.05, 3.63) is 84.1 Å². The third kappa shape index (κ3) is 3.25. The highest BCUT2D eigenvalue weighted by Crippen LogP contribution is 2.22. The molecule has 0 saturated carbocycles. The second-order valence-corrected chi connectivity index (χ2v) is 6.36. The van der Waals surface area contributed by atoms with Gasteiger partial charge in [0.1, 0.15) is 5.69 Å². The monoisotopic (exact) mass is 357 g/mol. The fraction of sp³-hybridized carbons (Fsp3) is 0.0952. The molecular formula is C21H19N5O. The van der Waals surface area contributed by atoms with Crippen LogP contribution in [-0.4, -0.2) is 25.4 Å². The summed E-state index contributed by atoms with van der Waals surface area (Å²) >= 11 is 0. The van der Waals surface area contributed by atoms with Crippen LogP contribution in [0.4, 0.5) is 5.69 Å². The van der Waals surface area contributed by atoms with Crippen molar-refractivity contribution in [3.8, 4) is 17.2 Å². The second kappa shape index (κ2) is 6.92. The number of amides is 1. The topological polar surface area (TPSA) is 75.6 Å². The summed E-state index contributed by atoms with van der Waals surface area (Å²) in [4.78, 5) is 24.3. The van der Waals surface area contributed by atoms with Crippen molar-refractivity contribution >= 4 is 11.6 Å². The zero-order chi connectivity index (χ0) is 18.8. The molecule has 2 heterocycles. The Morgan fingerprint density at radius 3 is 2.63 bits per heavy atom. The number of hydrogen-bond acceptors (Lipinski definition) is 3. The summed E-state index contributed by atoms with van der Waals surface area (Å²) in [5.41, 5.74) is 5.18. The lowest BCUT2D eigenvalue weighted by molar-refractivity contribution is 0.102. The molecule has 0 aliphatic heterocycles. The predicted molar refractivity (Wildman–Crippen MR) is 105 cm³/mol. The van der Waals surface area contributed by atoms with Crippen molar-refractivity contribution in [1.82, 2.24) is 19.5 Å². The average Bonchev–Trinajstić information content (AvgIpc) is 3.36. The number of aromatic amines is 1. The van der Waals surface area contributed by atoms with Crippen molar-refractivity contribution in [2.75, 3.05) is 5.32 Å². The van der Waals surface area contributed by atoms with Crippen LogP contribution in [0.5, 0.6) is 0 Å². The van der Waals surface area contributed by atoms with E-state index in [-0.39, 0.29) is 5.91 Å². The normalized spacial score (nSPS) is 10.7. The number of carbonyl (C=O) groups is 1. The lowest BCUT2D eigenvalue weighted by Crippen LogP contribution is -2.14. The van der Waals surface area contributed by atoms with Gasteiger partial charge in [-0.2, -0.15) is 0 Å². The maximum Gasteiger partial charge on any atom is 0.255 e. The molecule has 0 atom stereocenters. The summed E-state index contributed by atoms with van der Waals surface area (Å²) in [6, 6.07) is 13.4. The summed E-state index contributed by atoms with van der Waals surface area (Å²) in [7, 11) is 0. The van der Waals surface area contributed by atoms with Crippen LogP contribution in [0.1, 0.15) is 21.5 Å². The minimum absolute atomic E-state index is 0.141. The average molecular weight is 357 g/mol. The number of H-pyrrole nitrogens is 1. The van der Waals surface area contributed by atoms with Crippen molar-refractivity contribution in [2.45, 2.75) is 13.8 Å². The van der Waals surface area contributed by atoms with Gasteiger partial charge in [-0.05, 0) is 43.2 Å². The molecule has 6 heteroatoms. The van der Waals surface area contributed by atoms with Crippen LogP contribution in [0.3, 0.4) is 0 Å². The van der Waals surface area contributed by atoms with E-state index in [1.165, 1.54) is 0 Å². The van der Waals surface area contributed by atoms with E-state index in [0.29, 0.717) is 5.56 Å². The van der Waals surface area contributed by atoms with Crippen molar-refractivity contribution in [3.63, 3.8) is 0 Å². The fourth-order valence-corrected chi connectivity index (χ4v) is 3.08. The third-order valence-electron chi connectivity index (χ3n) is 4.49.